The van der Waals surface area contributed by atoms with E-state index in [9.17, 15) is 8.78 Å². The molecule has 1 aromatic heterocycles. The van der Waals surface area contributed by atoms with Crippen LogP contribution in [0.1, 0.15) is 5.69 Å². The molecule has 0 atom stereocenters. The van der Waals surface area contributed by atoms with Gasteiger partial charge in [-0.1, -0.05) is 15.9 Å². The van der Waals surface area contributed by atoms with Gasteiger partial charge in [-0.15, -0.1) is 0 Å². The summed E-state index contributed by atoms with van der Waals surface area (Å²) in [6.07, 6.45) is 2.82. The Hall–Kier alpha value is -1.80. The third-order valence-electron chi connectivity index (χ3n) is 2.19. The molecule has 19 heavy (non-hydrogen) atoms. The maximum absolute atomic E-state index is 13.4. The number of rotatable bonds is 4. The van der Waals surface area contributed by atoms with Gasteiger partial charge in [0, 0.05) is 4.47 Å². The number of nitrogens with two attached hydrogens (primary N) is 1. The molecule has 3 N–H and O–H groups in total. The highest BCUT2D eigenvalue weighted by Gasteiger charge is 2.11. The molecule has 0 amide bonds. The number of anilines is 1. The van der Waals surface area contributed by atoms with Crippen molar-refractivity contribution in [2.75, 3.05) is 5.43 Å². The Kier molecular flexibility index (Phi) is 4.23. The van der Waals surface area contributed by atoms with Crippen molar-refractivity contribution >= 4 is 21.7 Å². The first-order valence-corrected chi connectivity index (χ1v) is 5.94. The van der Waals surface area contributed by atoms with Crippen LogP contribution < -0.4 is 16.0 Å². The molecule has 0 radical (unpaired) electrons. The Balaban J connectivity index is 2.09. The standard InChI is InChI=1S/C11H9BrF2N4O/c12-6-1-8(13)11(14)9(2-6)19-5-7-3-17-10(18-15)4-16-7/h1-4H,5,15H2,(H,17,18). The van der Waals surface area contributed by atoms with Gasteiger partial charge in [-0.05, 0) is 12.1 Å². The van der Waals surface area contributed by atoms with Crippen LogP contribution in [0, 0.1) is 11.6 Å². The molecule has 0 fully saturated rings. The minimum absolute atomic E-state index is 0.0370. The van der Waals surface area contributed by atoms with E-state index in [2.05, 4.69) is 31.3 Å². The van der Waals surface area contributed by atoms with Gasteiger partial charge in [0.05, 0.1) is 18.1 Å². The highest BCUT2D eigenvalue weighted by atomic mass is 79.9. The van der Waals surface area contributed by atoms with E-state index in [1.807, 2.05) is 0 Å². The summed E-state index contributed by atoms with van der Waals surface area (Å²) in [5, 5.41) is 0. The van der Waals surface area contributed by atoms with Crippen LogP contribution in [0.2, 0.25) is 0 Å². The highest BCUT2D eigenvalue weighted by molar-refractivity contribution is 9.10. The lowest BCUT2D eigenvalue weighted by Crippen LogP contribution is -2.09. The zero-order chi connectivity index (χ0) is 13.8. The van der Waals surface area contributed by atoms with Crippen LogP contribution in [0.5, 0.6) is 5.75 Å². The van der Waals surface area contributed by atoms with E-state index < -0.39 is 11.6 Å². The number of nitrogens with zero attached hydrogens (tertiary/aromatic N) is 2. The van der Waals surface area contributed by atoms with E-state index in [0.717, 1.165) is 6.07 Å². The third-order valence-corrected chi connectivity index (χ3v) is 2.65. The molecule has 1 aromatic carbocycles. The maximum atomic E-state index is 13.4. The normalized spacial score (nSPS) is 10.3. The van der Waals surface area contributed by atoms with Crippen LogP contribution in [-0.4, -0.2) is 9.97 Å². The van der Waals surface area contributed by atoms with Crippen molar-refractivity contribution in [1.29, 1.82) is 0 Å². The van der Waals surface area contributed by atoms with E-state index in [-0.39, 0.29) is 12.4 Å². The molecule has 0 bridgehead atoms. The number of ether oxygens (including phenoxy) is 1. The maximum Gasteiger partial charge on any atom is 0.200 e. The van der Waals surface area contributed by atoms with E-state index >= 15 is 0 Å². The van der Waals surface area contributed by atoms with E-state index in [0.29, 0.717) is 16.0 Å². The van der Waals surface area contributed by atoms with Crippen molar-refractivity contribution in [3.05, 3.63) is 46.3 Å². The minimum Gasteiger partial charge on any atom is -0.484 e. The number of aromatic nitrogens is 2. The van der Waals surface area contributed by atoms with Crippen LogP contribution in [-0.2, 0) is 6.61 Å². The number of benzene rings is 1. The van der Waals surface area contributed by atoms with E-state index in [1.54, 1.807) is 0 Å². The first-order valence-electron chi connectivity index (χ1n) is 5.15. The van der Waals surface area contributed by atoms with Crippen molar-refractivity contribution < 1.29 is 13.5 Å². The van der Waals surface area contributed by atoms with Gasteiger partial charge in [0.2, 0.25) is 5.82 Å². The fraction of sp³-hybridized carbons (Fsp3) is 0.0909. The quantitative estimate of drug-likeness (QED) is 0.511. The number of hydrogen-bond acceptors (Lipinski definition) is 5. The van der Waals surface area contributed by atoms with Crippen LogP contribution in [0.3, 0.4) is 0 Å². The second-order valence-electron chi connectivity index (χ2n) is 3.53. The first-order chi connectivity index (χ1) is 9.10. The second kappa shape index (κ2) is 5.89. The molecule has 2 aromatic rings. The molecular formula is C11H9BrF2N4O. The number of nitrogen functional groups attached to an aromatic ring is 1. The summed E-state index contributed by atoms with van der Waals surface area (Å²) < 4.78 is 32.1. The molecule has 0 aliphatic heterocycles. The Morgan fingerprint density at radius 2 is 2.05 bits per heavy atom. The monoisotopic (exact) mass is 330 g/mol. The molecule has 2 rings (SSSR count). The Morgan fingerprint density at radius 1 is 1.26 bits per heavy atom. The van der Waals surface area contributed by atoms with E-state index in [4.69, 9.17) is 10.6 Å². The first kappa shape index (κ1) is 13.6. The average Bonchev–Trinajstić information content (AvgIpc) is 2.41. The van der Waals surface area contributed by atoms with Gasteiger partial charge < -0.3 is 10.2 Å². The molecular weight excluding hydrogens is 322 g/mol. The van der Waals surface area contributed by atoms with Crippen LogP contribution in [0.4, 0.5) is 14.6 Å². The number of nitrogens with one attached hydrogen (secondary N) is 1. The van der Waals surface area contributed by atoms with Crippen LogP contribution >= 0.6 is 15.9 Å². The summed E-state index contributed by atoms with van der Waals surface area (Å²) in [5.74, 6) is 3.30. The van der Waals surface area contributed by atoms with Gasteiger partial charge in [0.15, 0.2) is 17.4 Å². The average molecular weight is 331 g/mol. The lowest BCUT2D eigenvalue weighted by Gasteiger charge is -2.08. The lowest BCUT2D eigenvalue weighted by atomic mass is 10.3. The van der Waals surface area contributed by atoms with E-state index in [1.165, 1.54) is 18.5 Å². The fourth-order valence-electron chi connectivity index (χ4n) is 1.29. The smallest absolute Gasteiger partial charge is 0.200 e. The zero-order valence-corrected chi connectivity index (χ0v) is 11.1. The summed E-state index contributed by atoms with van der Waals surface area (Å²) in [6.45, 7) is -0.0370. The molecule has 1 heterocycles. The van der Waals surface area contributed by atoms with Crippen molar-refractivity contribution in [2.45, 2.75) is 6.61 Å². The minimum atomic E-state index is -1.04. The highest BCUT2D eigenvalue weighted by Crippen LogP contribution is 2.25. The predicted octanol–water partition coefficient (Wildman–Crippen LogP) is 2.38. The van der Waals surface area contributed by atoms with Gasteiger partial charge in [-0.3, -0.25) is 4.98 Å². The molecule has 0 aliphatic rings. The van der Waals surface area contributed by atoms with Crippen LogP contribution in [0.25, 0.3) is 0 Å². The van der Waals surface area contributed by atoms with Crippen molar-refractivity contribution in [3.8, 4) is 5.75 Å². The molecule has 0 unspecified atom stereocenters. The number of hydrazine groups is 1. The molecule has 5 nitrogen and oxygen atoms in total. The molecule has 0 spiro atoms. The topological polar surface area (TPSA) is 73.1 Å². The molecule has 8 heteroatoms. The summed E-state index contributed by atoms with van der Waals surface area (Å²) >= 11 is 3.06. The lowest BCUT2D eigenvalue weighted by molar-refractivity contribution is 0.280. The Morgan fingerprint density at radius 3 is 2.68 bits per heavy atom. The van der Waals surface area contributed by atoms with Gasteiger partial charge >= 0.3 is 0 Å². The van der Waals surface area contributed by atoms with Gasteiger partial charge in [-0.2, -0.15) is 4.39 Å². The molecule has 0 aliphatic carbocycles. The largest absolute Gasteiger partial charge is 0.484 e. The van der Waals surface area contributed by atoms with Crippen molar-refractivity contribution in [1.82, 2.24) is 9.97 Å². The predicted molar refractivity (Wildman–Crippen MR) is 68.2 cm³/mol. The summed E-state index contributed by atoms with van der Waals surface area (Å²) in [5.41, 5.74) is 2.78. The Bertz CT molecular complexity index is 580. The summed E-state index contributed by atoms with van der Waals surface area (Å²) in [6, 6.07) is 2.35. The summed E-state index contributed by atoms with van der Waals surface area (Å²) in [4.78, 5) is 7.89. The summed E-state index contributed by atoms with van der Waals surface area (Å²) in [7, 11) is 0. The number of halogens is 3. The Labute approximate surface area is 115 Å². The zero-order valence-electron chi connectivity index (χ0n) is 9.53. The SMILES string of the molecule is NNc1cnc(COc2cc(Br)cc(F)c2F)cn1. The van der Waals surface area contributed by atoms with Crippen molar-refractivity contribution in [3.63, 3.8) is 0 Å². The third kappa shape index (κ3) is 3.36. The number of hydrogen-bond donors (Lipinski definition) is 2. The second-order valence-corrected chi connectivity index (χ2v) is 4.44. The fourth-order valence-corrected chi connectivity index (χ4v) is 1.70. The van der Waals surface area contributed by atoms with Crippen LogP contribution in [0.15, 0.2) is 29.0 Å². The van der Waals surface area contributed by atoms with Crippen molar-refractivity contribution in [2.24, 2.45) is 5.84 Å². The molecule has 0 saturated heterocycles. The molecule has 100 valence electrons. The van der Waals surface area contributed by atoms with Gasteiger partial charge in [-0.25, -0.2) is 15.2 Å². The molecule has 0 saturated carbocycles. The van der Waals surface area contributed by atoms with Gasteiger partial charge in [0.1, 0.15) is 6.61 Å². The van der Waals surface area contributed by atoms with Gasteiger partial charge in [0.25, 0.3) is 0 Å².